The third-order valence-corrected chi connectivity index (χ3v) is 5.16. The maximum atomic E-state index is 12.6. The molecule has 0 saturated carbocycles. The average Bonchev–Trinajstić information content (AvgIpc) is 3.19. The van der Waals surface area contributed by atoms with Gasteiger partial charge in [-0.1, -0.05) is 17.3 Å². The Morgan fingerprint density at radius 2 is 1.92 bits per heavy atom. The van der Waals surface area contributed by atoms with Gasteiger partial charge in [-0.2, -0.15) is 4.98 Å². The molecular formula is C19H22N4O2. The van der Waals surface area contributed by atoms with Crippen molar-refractivity contribution in [2.24, 2.45) is 5.92 Å². The van der Waals surface area contributed by atoms with Gasteiger partial charge in [0.1, 0.15) is 0 Å². The first-order valence-electron chi connectivity index (χ1n) is 8.99. The third kappa shape index (κ3) is 3.48. The van der Waals surface area contributed by atoms with E-state index in [-0.39, 0.29) is 11.8 Å². The Hall–Kier alpha value is -2.50. The summed E-state index contributed by atoms with van der Waals surface area (Å²) in [6, 6.07) is 3.72. The van der Waals surface area contributed by atoms with Crippen LogP contribution >= 0.6 is 0 Å². The second-order valence-corrected chi connectivity index (χ2v) is 6.77. The smallest absolute Gasteiger partial charge is 0.258 e. The molecule has 2 aromatic rings. The number of allylic oxidation sites excluding steroid dienone is 2. The lowest BCUT2D eigenvalue weighted by Gasteiger charge is -2.33. The second kappa shape index (κ2) is 7.17. The SMILES string of the molecule is O=C([C@H]1CC=CCC1)N1CCC(c2noc(-c3ccncc3)n2)CC1. The Morgan fingerprint density at radius 1 is 1.12 bits per heavy atom. The van der Waals surface area contributed by atoms with Gasteiger partial charge in [0.25, 0.3) is 5.89 Å². The summed E-state index contributed by atoms with van der Waals surface area (Å²) >= 11 is 0. The van der Waals surface area contributed by atoms with Crippen molar-refractivity contribution in [2.45, 2.75) is 38.0 Å². The molecule has 0 N–H and O–H groups in total. The van der Waals surface area contributed by atoms with Crippen LogP contribution in [0.1, 0.15) is 43.8 Å². The first-order valence-corrected chi connectivity index (χ1v) is 8.99. The molecule has 0 aromatic carbocycles. The van der Waals surface area contributed by atoms with Gasteiger partial charge in [-0.05, 0) is 44.2 Å². The van der Waals surface area contributed by atoms with Crippen LogP contribution in [0, 0.1) is 5.92 Å². The number of carbonyl (C=O) groups excluding carboxylic acids is 1. The molecule has 0 bridgehead atoms. The summed E-state index contributed by atoms with van der Waals surface area (Å²) in [6.07, 6.45) is 12.4. The van der Waals surface area contributed by atoms with Gasteiger partial charge < -0.3 is 9.42 Å². The fraction of sp³-hybridized carbons (Fsp3) is 0.474. The van der Waals surface area contributed by atoms with Crippen molar-refractivity contribution < 1.29 is 9.32 Å². The van der Waals surface area contributed by atoms with Crippen molar-refractivity contribution in [3.8, 4) is 11.5 Å². The highest BCUT2D eigenvalue weighted by Gasteiger charge is 2.30. The number of likely N-dealkylation sites (tertiary alicyclic amines) is 1. The van der Waals surface area contributed by atoms with E-state index in [1.165, 1.54) is 0 Å². The standard InChI is InChI=1S/C19H22N4O2/c24-19(16-4-2-1-3-5-16)23-12-8-14(9-13-23)17-21-18(25-22-17)15-6-10-20-11-7-15/h1-2,6-7,10-11,14,16H,3-5,8-9,12-13H2/t16-/m0/s1. The number of hydrogen-bond donors (Lipinski definition) is 0. The molecule has 1 aliphatic carbocycles. The molecule has 1 aliphatic heterocycles. The van der Waals surface area contributed by atoms with Gasteiger partial charge in [-0.3, -0.25) is 9.78 Å². The Bertz CT molecular complexity index is 748. The monoisotopic (exact) mass is 338 g/mol. The summed E-state index contributed by atoms with van der Waals surface area (Å²) in [6.45, 7) is 1.56. The van der Waals surface area contributed by atoms with Crippen molar-refractivity contribution >= 4 is 5.91 Å². The molecule has 1 atom stereocenters. The van der Waals surface area contributed by atoms with Crippen LogP contribution in [-0.4, -0.2) is 39.0 Å². The molecule has 0 radical (unpaired) electrons. The largest absolute Gasteiger partial charge is 0.342 e. The minimum absolute atomic E-state index is 0.171. The topological polar surface area (TPSA) is 72.1 Å². The third-order valence-electron chi connectivity index (χ3n) is 5.16. The summed E-state index contributed by atoms with van der Waals surface area (Å²) < 4.78 is 5.40. The lowest BCUT2D eigenvalue weighted by Crippen LogP contribution is -2.41. The van der Waals surface area contributed by atoms with Gasteiger partial charge >= 0.3 is 0 Å². The fourth-order valence-corrected chi connectivity index (χ4v) is 3.65. The van der Waals surface area contributed by atoms with Crippen LogP contribution < -0.4 is 0 Å². The van der Waals surface area contributed by atoms with Crippen LogP contribution in [-0.2, 0) is 4.79 Å². The van der Waals surface area contributed by atoms with Crippen LogP contribution in [0.3, 0.4) is 0 Å². The number of pyridine rings is 1. The zero-order chi connectivity index (χ0) is 17.1. The van der Waals surface area contributed by atoms with Crippen molar-refractivity contribution in [2.75, 3.05) is 13.1 Å². The quantitative estimate of drug-likeness (QED) is 0.804. The molecule has 4 rings (SSSR count). The maximum Gasteiger partial charge on any atom is 0.258 e. The van der Waals surface area contributed by atoms with Gasteiger partial charge in [0.2, 0.25) is 5.91 Å². The molecule has 6 nitrogen and oxygen atoms in total. The molecule has 2 aliphatic rings. The summed E-state index contributed by atoms with van der Waals surface area (Å²) in [4.78, 5) is 23.2. The van der Waals surface area contributed by atoms with E-state index in [2.05, 4.69) is 27.3 Å². The number of rotatable bonds is 3. The molecule has 0 unspecified atom stereocenters. The molecule has 6 heteroatoms. The zero-order valence-electron chi connectivity index (χ0n) is 14.2. The number of hydrogen-bond acceptors (Lipinski definition) is 5. The summed E-state index contributed by atoms with van der Waals surface area (Å²) in [7, 11) is 0. The van der Waals surface area contributed by atoms with Crippen LogP contribution in [0.15, 0.2) is 41.2 Å². The molecule has 0 spiro atoms. The van der Waals surface area contributed by atoms with E-state index in [1.54, 1.807) is 12.4 Å². The minimum atomic E-state index is 0.171. The van der Waals surface area contributed by atoms with Gasteiger partial charge in [-0.15, -0.1) is 0 Å². The van der Waals surface area contributed by atoms with E-state index < -0.39 is 0 Å². The van der Waals surface area contributed by atoms with E-state index >= 15 is 0 Å². The molecule has 1 saturated heterocycles. The highest BCUT2D eigenvalue weighted by molar-refractivity contribution is 5.79. The first kappa shape index (κ1) is 16.0. The van der Waals surface area contributed by atoms with Gasteiger partial charge in [0.15, 0.2) is 5.82 Å². The van der Waals surface area contributed by atoms with E-state index in [9.17, 15) is 4.79 Å². The zero-order valence-corrected chi connectivity index (χ0v) is 14.2. The number of nitrogens with zero attached hydrogens (tertiary/aromatic N) is 4. The van der Waals surface area contributed by atoms with Crippen LogP contribution in [0.2, 0.25) is 0 Å². The van der Waals surface area contributed by atoms with Gasteiger partial charge in [0.05, 0.1) is 0 Å². The fourth-order valence-electron chi connectivity index (χ4n) is 3.65. The van der Waals surface area contributed by atoms with Crippen molar-refractivity contribution in [3.05, 3.63) is 42.5 Å². The summed E-state index contributed by atoms with van der Waals surface area (Å²) in [5, 5.41) is 4.16. The Kier molecular flexibility index (Phi) is 4.59. The van der Waals surface area contributed by atoms with Crippen molar-refractivity contribution in [1.29, 1.82) is 0 Å². The van der Waals surface area contributed by atoms with E-state index in [4.69, 9.17) is 4.52 Å². The predicted octanol–water partition coefficient (Wildman–Crippen LogP) is 3.19. The van der Waals surface area contributed by atoms with Crippen LogP contribution in [0.4, 0.5) is 0 Å². The average molecular weight is 338 g/mol. The lowest BCUT2D eigenvalue weighted by molar-refractivity contribution is -0.136. The molecule has 25 heavy (non-hydrogen) atoms. The Labute approximate surface area is 146 Å². The van der Waals surface area contributed by atoms with Crippen molar-refractivity contribution in [1.82, 2.24) is 20.0 Å². The van der Waals surface area contributed by atoms with E-state index in [0.717, 1.165) is 56.6 Å². The lowest BCUT2D eigenvalue weighted by atomic mass is 9.90. The summed E-state index contributed by atoms with van der Waals surface area (Å²) in [5.74, 6) is 2.03. The minimum Gasteiger partial charge on any atom is -0.342 e. The highest BCUT2D eigenvalue weighted by Crippen LogP contribution is 2.30. The first-order chi connectivity index (χ1) is 12.3. The van der Waals surface area contributed by atoms with Crippen molar-refractivity contribution in [3.63, 3.8) is 0 Å². The maximum absolute atomic E-state index is 12.6. The van der Waals surface area contributed by atoms with Gasteiger partial charge in [-0.25, -0.2) is 0 Å². The number of amides is 1. The number of carbonyl (C=O) groups is 1. The number of aromatic nitrogens is 3. The Morgan fingerprint density at radius 3 is 2.64 bits per heavy atom. The highest BCUT2D eigenvalue weighted by atomic mass is 16.5. The van der Waals surface area contributed by atoms with E-state index in [0.29, 0.717) is 11.8 Å². The molecule has 130 valence electrons. The summed E-state index contributed by atoms with van der Waals surface area (Å²) in [5.41, 5.74) is 0.881. The van der Waals surface area contributed by atoms with Crippen LogP contribution in [0.25, 0.3) is 11.5 Å². The number of piperidine rings is 1. The molecular weight excluding hydrogens is 316 g/mol. The normalized spacial score (nSPS) is 21.4. The Balaban J connectivity index is 1.37. The van der Waals surface area contributed by atoms with Gasteiger partial charge in [0, 0.05) is 42.9 Å². The van der Waals surface area contributed by atoms with E-state index in [1.807, 2.05) is 17.0 Å². The predicted molar refractivity (Wildman–Crippen MR) is 92.6 cm³/mol. The molecule has 3 heterocycles. The molecule has 1 fully saturated rings. The second-order valence-electron chi connectivity index (χ2n) is 6.77. The molecule has 1 amide bonds. The molecule has 2 aromatic heterocycles. The van der Waals surface area contributed by atoms with Crippen LogP contribution in [0.5, 0.6) is 0 Å².